The molecule has 0 aliphatic heterocycles. The first-order valence-corrected chi connectivity index (χ1v) is 29.6. The molecule has 0 heterocycles. The highest BCUT2D eigenvalue weighted by molar-refractivity contribution is 5.76. The molecule has 66 heavy (non-hydrogen) atoms. The Hall–Kier alpha value is -1.66. The van der Waals surface area contributed by atoms with Crippen molar-refractivity contribution in [2.45, 2.75) is 334 Å². The van der Waals surface area contributed by atoms with Gasteiger partial charge in [0.05, 0.1) is 25.4 Å². The van der Waals surface area contributed by atoms with E-state index in [0.717, 1.165) is 51.4 Å². The zero-order valence-corrected chi connectivity index (χ0v) is 44.4. The lowest BCUT2D eigenvalue weighted by Gasteiger charge is -2.22. The smallest absolute Gasteiger partial charge is 0.305 e. The van der Waals surface area contributed by atoms with Crippen LogP contribution in [0.15, 0.2) is 24.3 Å². The van der Waals surface area contributed by atoms with Crippen molar-refractivity contribution in [2.75, 3.05) is 13.2 Å². The molecule has 0 saturated heterocycles. The maximum absolute atomic E-state index is 12.4. The second-order valence-corrected chi connectivity index (χ2v) is 20.3. The first-order chi connectivity index (χ1) is 32.5. The van der Waals surface area contributed by atoms with Crippen molar-refractivity contribution in [1.82, 2.24) is 5.32 Å². The molecule has 0 spiro atoms. The summed E-state index contributed by atoms with van der Waals surface area (Å²) >= 11 is 0. The van der Waals surface area contributed by atoms with Gasteiger partial charge in [-0.1, -0.05) is 276 Å². The van der Waals surface area contributed by atoms with Gasteiger partial charge >= 0.3 is 5.97 Å². The zero-order chi connectivity index (χ0) is 47.9. The lowest BCUT2D eigenvalue weighted by molar-refractivity contribution is -0.143. The van der Waals surface area contributed by atoms with Crippen molar-refractivity contribution in [3.05, 3.63) is 24.3 Å². The fourth-order valence-corrected chi connectivity index (χ4v) is 9.20. The third kappa shape index (κ3) is 51.7. The monoisotopic (exact) mass is 930 g/mol. The second-order valence-electron chi connectivity index (χ2n) is 20.3. The standard InChI is InChI=1S/C60H115NO5/c1-3-5-7-9-11-13-15-16-17-18-25-28-31-34-38-42-46-50-54-60(65)66-55-51-47-43-39-35-32-29-26-23-21-19-20-22-24-27-30-33-37-41-45-49-53-59(64)61-57(56-62)58(63)52-48-44-40-36-14-12-10-8-6-4-2/h13,15,17-18,57-58,62-63H,3-12,14,16,19-56H2,1-2H3,(H,61,64)/b15-13-,18-17-. The number of carbonyl (C=O) groups excluding carboxylic acids is 2. The molecule has 0 aromatic carbocycles. The molecule has 3 N–H and O–H groups in total. The lowest BCUT2D eigenvalue weighted by Crippen LogP contribution is -2.45. The molecule has 2 atom stereocenters. The van der Waals surface area contributed by atoms with Crippen molar-refractivity contribution < 1.29 is 24.5 Å². The summed E-state index contributed by atoms with van der Waals surface area (Å²) in [7, 11) is 0. The Morgan fingerprint density at radius 2 is 0.758 bits per heavy atom. The predicted octanol–water partition coefficient (Wildman–Crippen LogP) is 18.2. The maximum Gasteiger partial charge on any atom is 0.305 e. The van der Waals surface area contributed by atoms with Crippen LogP contribution >= 0.6 is 0 Å². The van der Waals surface area contributed by atoms with Crippen molar-refractivity contribution in [2.24, 2.45) is 0 Å². The SMILES string of the molecule is CCCCCC/C=C\C/C=C\CCCCCCCCCC(=O)OCCCCCCCCCCCCCCCCCCCCCCCC(=O)NC(CO)C(O)CCCCCCCCCCCC. The number of hydrogen-bond donors (Lipinski definition) is 3. The van der Waals surface area contributed by atoms with E-state index in [1.807, 2.05) is 0 Å². The zero-order valence-electron chi connectivity index (χ0n) is 44.4. The number of amides is 1. The van der Waals surface area contributed by atoms with Crippen molar-refractivity contribution in [3.63, 3.8) is 0 Å². The van der Waals surface area contributed by atoms with Gasteiger partial charge in [0.25, 0.3) is 0 Å². The van der Waals surface area contributed by atoms with Gasteiger partial charge in [0, 0.05) is 12.8 Å². The Balaban J connectivity index is 3.35. The molecule has 6 nitrogen and oxygen atoms in total. The van der Waals surface area contributed by atoms with Crippen LogP contribution < -0.4 is 5.32 Å². The summed E-state index contributed by atoms with van der Waals surface area (Å²) in [4.78, 5) is 24.5. The number of allylic oxidation sites excluding steroid dienone is 4. The van der Waals surface area contributed by atoms with Crippen LogP contribution in [0.4, 0.5) is 0 Å². The topological polar surface area (TPSA) is 95.9 Å². The summed E-state index contributed by atoms with van der Waals surface area (Å²) in [6.07, 6.45) is 67.5. The third-order valence-corrected chi connectivity index (χ3v) is 13.8. The highest BCUT2D eigenvalue weighted by atomic mass is 16.5. The minimum Gasteiger partial charge on any atom is -0.466 e. The van der Waals surface area contributed by atoms with Crippen LogP contribution in [0, 0.1) is 0 Å². The van der Waals surface area contributed by atoms with E-state index in [4.69, 9.17) is 4.74 Å². The minimum absolute atomic E-state index is 0.00478. The minimum atomic E-state index is -0.663. The van der Waals surface area contributed by atoms with E-state index in [1.54, 1.807) is 0 Å². The Labute approximate surface area is 411 Å². The van der Waals surface area contributed by atoms with E-state index < -0.39 is 12.1 Å². The number of esters is 1. The summed E-state index contributed by atoms with van der Waals surface area (Å²) < 4.78 is 5.49. The Morgan fingerprint density at radius 1 is 0.424 bits per heavy atom. The van der Waals surface area contributed by atoms with Crippen LogP contribution in [0.1, 0.15) is 322 Å². The molecule has 0 aliphatic carbocycles. The molecule has 390 valence electrons. The number of aliphatic hydroxyl groups excluding tert-OH is 2. The first-order valence-electron chi connectivity index (χ1n) is 29.6. The van der Waals surface area contributed by atoms with Crippen molar-refractivity contribution >= 4 is 11.9 Å². The summed E-state index contributed by atoms with van der Waals surface area (Å²) in [5.41, 5.74) is 0. The van der Waals surface area contributed by atoms with E-state index >= 15 is 0 Å². The molecular formula is C60H115NO5. The average Bonchev–Trinajstić information content (AvgIpc) is 3.32. The quantitative estimate of drug-likeness (QED) is 0.0321. The van der Waals surface area contributed by atoms with Gasteiger partial charge in [-0.05, 0) is 57.8 Å². The average molecular weight is 931 g/mol. The molecule has 0 aliphatic rings. The Bertz CT molecular complexity index is 1030. The number of rotatable bonds is 55. The van der Waals surface area contributed by atoms with Gasteiger partial charge in [-0.25, -0.2) is 0 Å². The predicted molar refractivity (Wildman–Crippen MR) is 287 cm³/mol. The van der Waals surface area contributed by atoms with Gasteiger partial charge in [0.15, 0.2) is 0 Å². The Morgan fingerprint density at radius 3 is 1.17 bits per heavy atom. The van der Waals surface area contributed by atoms with Gasteiger partial charge in [-0.15, -0.1) is 0 Å². The maximum atomic E-state index is 12.4. The largest absolute Gasteiger partial charge is 0.466 e. The molecule has 0 aromatic rings. The third-order valence-electron chi connectivity index (χ3n) is 13.8. The molecule has 0 aromatic heterocycles. The van der Waals surface area contributed by atoms with E-state index in [0.29, 0.717) is 25.9 Å². The molecule has 0 radical (unpaired) electrons. The van der Waals surface area contributed by atoms with Crippen molar-refractivity contribution in [3.8, 4) is 0 Å². The van der Waals surface area contributed by atoms with Gasteiger partial charge < -0.3 is 20.3 Å². The molecule has 0 saturated carbocycles. The van der Waals surface area contributed by atoms with Gasteiger partial charge in [-0.2, -0.15) is 0 Å². The molecule has 6 heteroatoms. The van der Waals surface area contributed by atoms with E-state index in [1.165, 1.54) is 238 Å². The number of ether oxygens (including phenoxy) is 1. The van der Waals surface area contributed by atoms with E-state index in [-0.39, 0.29) is 18.5 Å². The number of hydrogen-bond acceptors (Lipinski definition) is 5. The highest BCUT2D eigenvalue weighted by Crippen LogP contribution is 2.17. The van der Waals surface area contributed by atoms with E-state index in [2.05, 4.69) is 43.5 Å². The molecule has 0 fully saturated rings. The Kier molecular flexibility index (Phi) is 54.5. The lowest BCUT2D eigenvalue weighted by atomic mass is 10.0. The van der Waals surface area contributed by atoms with Gasteiger partial charge in [0.2, 0.25) is 5.91 Å². The fraction of sp³-hybridized carbons (Fsp3) is 0.900. The fourth-order valence-electron chi connectivity index (χ4n) is 9.20. The molecule has 1 amide bonds. The first kappa shape index (κ1) is 64.3. The van der Waals surface area contributed by atoms with Crippen LogP contribution in [-0.2, 0) is 14.3 Å². The summed E-state index contributed by atoms with van der Waals surface area (Å²) in [5, 5.41) is 23.1. The van der Waals surface area contributed by atoms with E-state index in [9.17, 15) is 19.8 Å². The molecule has 0 rings (SSSR count). The van der Waals surface area contributed by atoms with Crippen molar-refractivity contribution in [1.29, 1.82) is 0 Å². The molecule has 2 unspecified atom stereocenters. The summed E-state index contributed by atoms with van der Waals surface area (Å²) in [5.74, 6) is -0.0322. The molecular weight excluding hydrogens is 815 g/mol. The van der Waals surface area contributed by atoms with Crippen LogP contribution in [-0.4, -0.2) is 47.4 Å². The van der Waals surface area contributed by atoms with Crippen LogP contribution in [0.25, 0.3) is 0 Å². The number of carbonyl (C=O) groups is 2. The summed E-state index contributed by atoms with van der Waals surface area (Å²) in [6.45, 7) is 4.93. The number of nitrogens with one attached hydrogen (secondary N) is 1. The number of unbranched alkanes of at least 4 members (excludes halogenated alkanes) is 40. The second kappa shape index (κ2) is 55.9. The number of aliphatic hydroxyl groups is 2. The molecule has 0 bridgehead atoms. The van der Waals surface area contributed by atoms with Gasteiger partial charge in [0.1, 0.15) is 0 Å². The van der Waals surface area contributed by atoms with Crippen LogP contribution in [0.2, 0.25) is 0 Å². The van der Waals surface area contributed by atoms with Crippen LogP contribution in [0.3, 0.4) is 0 Å². The van der Waals surface area contributed by atoms with Crippen LogP contribution in [0.5, 0.6) is 0 Å². The van der Waals surface area contributed by atoms with Gasteiger partial charge in [-0.3, -0.25) is 9.59 Å². The normalized spacial score (nSPS) is 12.7. The highest BCUT2D eigenvalue weighted by Gasteiger charge is 2.20. The summed E-state index contributed by atoms with van der Waals surface area (Å²) in [6, 6.07) is -0.540.